The molecule has 9 heteroatoms. The molecule has 2 heterocycles. The van der Waals surface area contributed by atoms with E-state index in [4.69, 9.17) is 15.3 Å². The van der Waals surface area contributed by atoms with Crippen molar-refractivity contribution in [3.05, 3.63) is 47.1 Å². The molecule has 4 N–H and O–H groups in total. The van der Waals surface area contributed by atoms with E-state index in [0.717, 1.165) is 11.8 Å². The van der Waals surface area contributed by atoms with E-state index in [1.165, 1.54) is 12.1 Å². The number of aliphatic imine (C=N–C) groups is 1. The number of hydrogen-bond donors (Lipinski definition) is 2. The Labute approximate surface area is 136 Å². The van der Waals surface area contributed by atoms with Gasteiger partial charge in [0.1, 0.15) is 17.4 Å². The number of amides is 1. The van der Waals surface area contributed by atoms with E-state index in [1.54, 1.807) is 30.3 Å². The van der Waals surface area contributed by atoms with E-state index in [-0.39, 0.29) is 16.0 Å². The van der Waals surface area contributed by atoms with Gasteiger partial charge in [-0.25, -0.2) is 13.6 Å². The minimum Gasteiger partial charge on any atom is -0.457 e. The smallest absolute Gasteiger partial charge is 0.311 e. The molecule has 0 fully saturated rings. The second-order valence-corrected chi connectivity index (χ2v) is 7.20. The molecule has 1 amide bonds. The number of nitrogens with two attached hydrogens (primary N) is 2. The number of rotatable bonds is 3. The van der Waals surface area contributed by atoms with Crippen molar-refractivity contribution in [2.75, 3.05) is 0 Å². The predicted molar refractivity (Wildman–Crippen MR) is 88.1 cm³/mol. The number of amidine groups is 1. The van der Waals surface area contributed by atoms with Gasteiger partial charge in [-0.15, -0.1) is 0 Å². The van der Waals surface area contributed by atoms with Crippen LogP contribution in [0.2, 0.25) is 0 Å². The topological polar surface area (TPSA) is 129 Å². The zero-order valence-corrected chi connectivity index (χ0v) is 13.2. The molecule has 118 valence electrons. The van der Waals surface area contributed by atoms with E-state index in [1.807, 2.05) is 0 Å². The van der Waals surface area contributed by atoms with E-state index in [9.17, 15) is 13.2 Å². The predicted octanol–water partition coefficient (Wildman–Crippen LogP) is 2.16. The molecule has 0 radical (unpaired) electrons. The third-order valence-corrected chi connectivity index (χ3v) is 4.77. The Balaban J connectivity index is 1.87. The third kappa shape index (κ3) is 3.36. The monoisotopic (exact) mass is 349 g/mol. The fourth-order valence-electron chi connectivity index (χ4n) is 1.95. The molecular weight excluding hydrogens is 338 g/mol. The van der Waals surface area contributed by atoms with Crippen LogP contribution < -0.4 is 10.9 Å². The summed E-state index contributed by atoms with van der Waals surface area (Å²) in [5.74, 6) is 1.21. The normalized spacial score (nSPS) is 16.8. The number of hydrogen-bond acceptors (Lipinski definition) is 6. The van der Waals surface area contributed by atoms with E-state index >= 15 is 0 Å². The van der Waals surface area contributed by atoms with Crippen molar-refractivity contribution in [1.29, 1.82) is 0 Å². The number of primary sulfonamides is 1. The third-order valence-electron chi connectivity index (χ3n) is 3.03. The zero-order chi connectivity index (χ0) is 16.6. The molecule has 0 spiro atoms. The van der Waals surface area contributed by atoms with Gasteiger partial charge in [0.2, 0.25) is 10.0 Å². The molecule has 1 aliphatic rings. The van der Waals surface area contributed by atoms with Crippen molar-refractivity contribution in [2.45, 2.75) is 4.90 Å². The van der Waals surface area contributed by atoms with E-state index in [2.05, 4.69) is 4.99 Å². The minimum absolute atomic E-state index is 0.0278. The summed E-state index contributed by atoms with van der Waals surface area (Å²) < 4.78 is 28.1. The largest absolute Gasteiger partial charge is 0.457 e. The molecule has 0 saturated heterocycles. The molecule has 7 nitrogen and oxygen atoms in total. The molecule has 1 aliphatic heterocycles. The number of carbonyl (C=O) groups is 1. The van der Waals surface area contributed by atoms with E-state index < -0.39 is 10.0 Å². The molecule has 1 aromatic heterocycles. The second-order valence-electron chi connectivity index (χ2n) is 4.65. The lowest BCUT2D eigenvalue weighted by atomic mass is 10.2. The number of furan rings is 1. The van der Waals surface area contributed by atoms with Crippen molar-refractivity contribution in [3.63, 3.8) is 0 Å². The van der Waals surface area contributed by atoms with Gasteiger partial charge in [-0.05, 0) is 54.2 Å². The number of thioether (sulfide) groups is 1. The Morgan fingerprint density at radius 3 is 2.39 bits per heavy atom. The van der Waals surface area contributed by atoms with Gasteiger partial charge >= 0.3 is 5.24 Å². The standard InChI is InChI=1S/C14H11N3O4S2/c15-13-12(22-14(18)17-13)7-9-3-6-11(21-9)8-1-4-10(5-2-8)23(16,19)20/h1-7H,(H2,15,17,18)(H2,16,19,20). The number of carbonyl (C=O) groups excluding carboxylic acids is 1. The summed E-state index contributed by atoms with van der Waals surface area (Å²) in [5.41, 5.74) is 6.32. The number of nitrogens with zero attached hydrogens (tertiary/aromatic N) is 1. The maximum Gasteiger partial charge on any atom is 0.311 e. The lowest BCUT2D eigenvalue weighted by Gasteiger charge is -2.00. The first-order chi connectivity index (χ1) is 10.8. The first kappa shape index (κ1) is 15.5. The second kappa shape index (κ2) is 5.69. The van der Waals surface area contributed by atoms with Crippen LogP contribution in [0, 0.1) is 0 Å². The van der Waals surface area contributed by atoms with Crippen LogP contribution in [0.4, 0.5) is 4.79 Å². The minimum atomic E-state index is -3.73. The lowest BCUT2D eigenvalue weighted by molar-refractivity contribution is 0.268. The van der Waals surface area contributed by atoms with Crippen LogP contribution in [0.15, 0.2) is 55.6 Å². The summed E-state index contributed by atoms with van der Waals surface area (Å²) >= 11 is 0.931. The molecular formula is C14H11N3O4S2. The molecule has 0 bridgehead atoms. The molecule has 0 unspecified atom stereocenters. The van der Waals surface area contributed by atoms with Gasteiger partial charge in [-0.2, -0.15) is 4.99 Å². The van der Waals surface area contributed by atoms with Gasteiger partial charge in [-0.1, -0.05) is 0 Å². The molecule has 3 rings (SSSR count). The molecule has 1 aromatic carbocycles. The molecule has 0 saturated carbocycles. The summed E-state index contributed by atoms with van der Waals surface area (Å²) in [4.78, 5) is 15.3. The average molecular weight is 349 g/mol. The van der Waals surface area contributed by atoms with Gasteiger partial charge in [-0.3, -0.25) is 4.79 Å². The van der Waals surface area contributed by atoms with Crippen LogP contribution in [0.5, 0.6) is 0 Å². The van der Waals surface area contributed by atoms with Crippen LogP contribution in [0.25, 0.3) is 17.4 Å². The maximum atomic E-state index is 11.2. The van der Waals surface area contributed by atoms with Crippen molar-refractivity contribution >= 4 is 38.9 Å². The van der Waals surface area contributed by atoms with Gasteiger partial charge in [0, 0.05) is 5.56 Å². The summed E-state index contributed by atoms with van der Waals surface area (Å²) in [5, 5.41) is 4.69. The van der Waals surface area contributed by atoms with Crippen LogP contribution in [0.3, 0.4) is 0 Å². The molecule has 2 aromatic rings. The fourth-order valence-corrected chi connectivity index (χ4v) is 3.12. The van der Waals surface area contributed by atoms with Gasteiger partial charge < -0.3 is 10.2 Å². The quantitative estimate of drug-likeness (QED) is 0.873. The van der Waals surface area contributed by atoms with Crippen LogP contribution >= 0.6 is 11.8 Å². The first-order valence-corrected chi connectivity index (χ1v) is 8.70. The summed E-state index contributed by atoms with van der Waals surface area (Å²) in [6, 6.07) is 9.45. The van der Waals surface area contributed by atoms with Crippen LogP contribution in [-0.2, 0) is 10.0 Å². The van der Waals surface area contributed by atoms with E-state index in [0.29, 0.717) is 22.0 Å². The summed E-state index contributed by atoms with van der Waals surface area (Å²) in [6.07, 6.45) is 1.62. The summed E-state index contributed by atoms with van der Waals surface area (Å²) in [6.45, 7) is 0. The van der Waals surface area contributed by atoms with Crippen LogP contribution in [0.1, 0.15) is 5.76 Å². The SMILES string of the molecule is NC1=NC(=O)SC1=Cc1ccc(-c2ccc(S(N)(=O)=O)cc2)o1. The van der Waals surface area contributed by atoms with Crippen LogP contribution in [-0.4, -0.2) is 19.5 Å². The van der Waals surface area contributed by atoms with Gasteiger partial charge in [0.25, 0.3) is 0 Å². The average Bonchev–Trinajstić information content (AvgIpc) is 3.06. The Hall–Kier alpha value is -2.36. The van der Waals surface area contributed by atoms with Gasteiger partial charge in [0.05, 0.1) is 9.80 Å². The Morgan fingerprint density at radius 2 is 1.83 bits per heavy atom. The highest BCUT2D eigenvalue weighted by atomic mass is 32.2. The highest BCUT2D eigenvalue weighted by molar-refractivity contribution is 8.18. The Kier molecular flexibility index (Phi) is 3.84. The molecule has 0 atom stereocenters. The summed E-state index contributed by atoms with van der Waals surface area (Å²) in [7, 11) is -3.73. The molecule has 0 aliphatic carbocycles. The van der Waals surface area contributed by atoms with Crippen molar-refractivity contribution in [3.8, 4) is 11.3 Å². The molecule has 23 heavy (non-hydrogen) atoms. The highest BCUT2D eigenvalue weighted by Gasteiger charge is 2.19. The fraction of sp³-hybridized carbons (Fsp3) is 0. The lowest BCUT2D eigenvalue weighted by Crippen LogP contribution is -2.11. The number of benzene rings is 1. The van der Waals surface area contributed by atoms with Crippen molar-refractivity contribution in [1.82, 2.24) is 0 Å². The Bertz CT molecular complexity index is 941. The maximum absolute atomic E-state index is 11.2. The van der Waals surface area contributed by atoms with Crippen molar-refractivity contribution < 1.29 is 17.6 Å². The number of sulfonamides is 1. The highest BCUT2D eigenvalue weighted by Crippen LogP contribution is 2.29. The first-order valence-electron chi connectivity index (χ1n) is 6.34. The zero-order valence-electron chi connectivity index (χ0n) is 11.6. The van der Waals surface area contributed by atoms with Gasteiger partial charge in [0.15, 0.2) is 0 Å². The Morgan fingerprint density at radius 1 is 1.13 bits per heavy atom. The van der Waals surface area contributed by atoms with Crippen molar-refractivity contribution in [2.24, 2.45) is 15.9 Å².